The van der Waals surface area contributed by atoms with Crippen molar-refractivity contribution in [3.8, 4) is 0 Å². The van der Waals surface area contributed by atoms with E-state index < -0.39 is 48.7 Å². The molecule has 37 heavy (non-hydrogen) atoms. The molecule has 3 saturated heterocycles. The number of hydrogen-bond acceptors (Lipinski definition) is 10. The molecule has 5 N–H and O–H groups in total. The Labute approximate surface area is 213 Å². The number of nitrogens with one attached hydrogen (secondary N) is 1. The van der Waals surface area contributed by atoms with E-state index in [0.717, 1.165) is 17.8 Å². The average Bonchev–Trinajstić information content (AvgIpc) is 3.41. The van der Waals surface area contributed by atoms with Gasteiger partial charge in [-0.3, -0.25) is 9.69 Å². The molecule has 1 aromatic rings. The lowest BCUT2D eigenvalue weighted by Crippen LogP contribution is -2.60. The third-order valence-electron chi connectivity index (χ3n) is 9.02. The summed E-state index contributed by atoms with van der Waals surface area (Å²) in [6.07, 6.45) is -5.22. The lowest BCUT2D eigenvalue weighted by Gasteiger charge is -2.48. The number of para-hydroxylation sites is 1. The lowest BCUT2D eigenvalue weighted by atomic mass is 9.66. The van der Waals surface area contributed by atoms with E-state index in [9.17, 15) is 30.0 Å². The highest BCUT2D eigenvalue weighted by molar-refractivity contribution is 6.07. The van der Waals surface area contributed by atoms with Gasteiger partial charge in [-0.2, -0.15) is 0 Å². The molecule has 10 atom stereocenters. The molecule has 0 aliphatic carbocycles. The van der Waals surface area contributed by atoms with Gasteiger partial charge in [-0.05, 0) is 37.9 Å². The van der Waals surface area contributed by atoms with Crippen molar-refractivity contribution in [2.75, 3.05) is 25.0 Å². The highest BCUT2D eigenvalue weighted by atomic mass is 16.7. The summed E-state index contributed by atoms with van der Waals surface area (Å²) in [6.45, 7) is 2.74. The molecule has 3 fully saturated rings. The van der Waals surface area contributed by atoms with Crippen LogP contribution >= 0.6 is 0 Å². The third kappa shape index (κ3) is 3.63. The number of esters is 1. The standard InChI is InChI=1S/C26H32N2O9/c1-12-14-9-28-7-6-26(16-4-2-3-5-17(16)27-25(26)34)19(28)8-13(14)15(11-35-12)23(33)37-24-22(32)21(31)20(30)18(10-29)36-24/h2-5,11-14,18-22,24,29-32H,6-10H2,1H3,(H,27,34)/t12-,13+,14+,18-,19+,20-,21+,22-,24-,26-/m1/s1. The normalized spacial score (nSPS) is 42.8. The number of carbonyl (C=O) groups is 2. The van der Waals surface area contributed by atoms with Gasteiger partial charge in [0, 0.05) is 30.1 Å². The van der Waals surface area contributed by atoms with E-state index in [-0.39, 0.29) is 35.5 Å². The predicted molar refractivity (Wildman–Crippen MR) is 127 cm³/mol. The quantitative estimate of drug-likeness (QED) is 0.323. The third-order valence-corrected chi connectivity index (χ3v) is 9.02. The van der Waals surface area contributed by atoms with Gasteiger partial charge in [0.05, 0.1) is 30.0 Å². The summed E-state index contributed by atoms with van der Waals surface area (Å²) >= 11 is 0. The minimum absolute atomic E-state index is 0.0193. The first-order chi connectivity index (χ1) is 17.8. The SMILES string of the molecule is C[C@H]1OC=C(C(=O)O[C@H]2O[C@H](CO)[C@@H](O)[C@H](O)[C@H]2O)[C@H]2C[C@@H]3N(CC[C@]34C(=O)Nc3ccccc34)C[C@H]21. The second-order valence-corrected chi connectivity index (χ2v) is 10.8. The number of aliphatic hydroxyl groups is 4. The summed E-state index contributed by atoms with van der Waals surface area (Å²) < 4.78 is 16.6. The van der Waals surface area contributed by atoms with Gasteiger partial charge in [-0.25, -0.2) is 4.79 Å². The van der Waals surface area contributed by atoms with Crippen molar-refractivity contribution >= 4 is 17.6 Å². The Morgan fingerprint density at radius 1 is 1.22 bits per heavy atom. The molecule has 0 aromatic heterocycles. The number of fused-ring (bicyclic) bond motifs is 5. The number of piperidine rings is 1. The van der Waals surface area contributed by atoms with Crippen LogP contribution in [0.5, 0.6) is 0 Å². The van der Waals surface area contributed by atoms with E-state index in [4.69, 9.17) is 14.2 Å². The summed E-state index contributed by atoms with van der Waals surface area (Å²) in [7, 11) is 0. The summed E-state index contributed by atoms with van der Waals surface area (Å²) in [5.41, 5.74) is 1.39. The zero-order valence-electron chi connectivity index (χ0n) is 20.4. The first-order valence-corrected chi connectivity index (χ1v) is 12.8. The van der Waals surface area contributed by atoms with Crippen LogP contribution in [0.3, 0.4) is 0 Å². The van der Waals surface area contributed by atoms with Crippen molar-refractivity contribution in [1.29, 1.82) is 0 Å². The van der Waals surface area contributed by atoms with Crippen LogP contribution in [-0.4, -0.2) is 99.8 Å². The van der Waals surface area contributed by atoms with Gasteiger partial charge in [0.15, 0.2) is 0 Å². The molecule has 0 unspecified atom stereocenters. The number of hydrogen-bond donors (Lipinski definition) is 5. The Kier molecular flexibility index (Phi) is 6.05. The number of nitrogens with zero attached hydrogens (tertiary/aromatic N) is 1. The van der Waals surface area contributed by atoms with Crippen molar-refractivity contribution in [1.82, 2.24) is 4.90 Å². The minimum atomic E-state index is -1.69. The molecule has 5 aliphatic heterocycles. The van der Waals surface area contributed by atoms with Crippen LogP contribution in [0, 0.1) is 11.8 Å². The van der Waals surface area contributed by atoms with Crippen molar-refractivity contribution < 1.29 is 44.2 Å². The Balaban J connectivity index is 1.26. The van der Waals surface area contributed by atoms with Crippen LogP contribution in [0.4, 0.5) is 5.69 Å². The van der Waals surface area contributed by atoms with E-state index >= 15 is 0 Å². The maximum absolute atomic E-state index is 13.4. The maximum atomic E-state index is 13.4. The molecule has 11 nitrogen and oxygen atoms in total. The maximum Gasteiger partial charge on any atom is 0.339 e. The van der Waals surface area contributed by atoms with Gasteiger partial charge < -0.3 is 40.0 Å². The number of carbonyl (C=O) groups excluding carboxylic acids is 2. The highest BCUT2D eigenvalue weighted by Gasteiger charge is 2.61. The summed E-state index contributed by atoms with van der Waals surface area (Å²) in [6, 6.07) is 7.63. The van der Waals surface area contributed by atoms with Gasteiger partial charge in [-0.1, -0.05) is 18.2 Å². The lowest BCUT2D eigenvalue weighted by molar-refractivity contribution is -0.291. The summed E-state index contributed by atoms with van der Waals surface area (Å²) in [4.78, 5) is 29.1. The molecular formula is C26H32N2O9. The van der Waals surface area contributed by atoms with Gasteiger partial charge in [0.2, 0.25) is 12.2 Å². The fraction of sp³-hybridized carbons (Fsp3) is 0.615. The molecule has 5 aliphatic rings. The molecule has 1 spiro atoms. The Bertz CT molecular complexity index is 1130. The number of rotatable bonds is 3. The molecule has 0 saturated carbocycles. The van der Waals surface area contributed by atoms with Crippen LogP contribution in [0.1, 0.15) is 25.3 Å². The number of ether oxygens (including phenoxy) is 3. The molecule has 1 amide bonds. The Morgan fingerprint density at radius 3 is 2.78 bits per heavy atom. The van der Waals surface area contributed by atoms with Crippen molar-refractivity contribution in [3.05, 3.63) is 41.7 Å². The van der Waals surface area contributed by atoms with Gasteiger partial charge >= 0.3 is 5.97 Å². The minimum Gasteiger partial charge on any atom is -0.497 e. The van der Waals surface area contributed by atoms with Gasteiger partial charge in [-0.15, -0.1) is 0 Å². The van der Waals surface area contributed by atoms with Crippen LogP contribution < -0.4 is 5.32 Å². The first-order valence-electron chi connectivity index (χ1n) is 12.8. The molecular weight excluding hydrogens is 484 g/mol. The van der Waals surface area contributed by atoms with Crippen molar-refractivity contribution in [2.24, 2.45) is 11.8 Å². The number of amides is 1. The Hall–Kier alpha value is -2.54. The topological polar surface area (TPSA) is 158 Å². The monoisotopic (exact) mass is 516 g/mol. The van der Waals surface area contributed by atoms with Gasteiger partial charge in [0.1, 0.15) is 24.4 Å². The molecule has 11 heteroatoms. The van der Waals surface area contributed by atoms with Crippen molar-refractivity contribution in [3.63, 3.8) is 0 Å². The van der Waals surface area contributed by atoms with E-state index in [2.05, 4.69) is 10.2 Å². The van der Waals surface area contributed by atoms with E-state index in [0.29, 0.717) is 19.4 Å². The largest absolute Gasteiger partial charge is 0.497 e. The zero-order chi connectivity index (χ0) is 26.1. The van der Waals surface area contributed by atoms with E-state index in [1.165, 1.54) is 6.26 Å². The Morgan fingerprint density at radius 2 is 2.00 bits per heavy atom. The molecule has 0 bridgehead atoms. The molecule has 5 heterocycles. The molecule has 1 aromatic carbocycles. The fourth-order valence-electron chi connectivity index (χ4n) is 6.99. The number of anilines is 1. The number of benzene rings is 1. The second kappa shape index (κ2) is 9.04. The summed E-state index contributed by atoms with van der Waals surface area (Å²) in [5.74, 6) is -1.08. The average molecular weight is 517 g/mol. The fourth-order valence-corrected chi connectivity index (χ4v) is 6.99. The molecule has 0 radical (unpaired) electrons. The zero-order valence-corrected chi connectivity index (χ0v) is 20.4. The van der Waals surface area contributed by atoms with Crippen LogP contribution in [0.2, 0.25) is 0 Å². The number of aliphatic hydroxyl groups excluding tert-OH is 4. The van der Waals surface area contributed by atoms with Crippen LogP contribution in [0.15, 0.2) is 36.1 Å². The van der Waals surface area contributed by atoms with E-state index in [1.807, 2.05) is 31.2 Å². The molecule has 6 rings (SSSR count). The highest BCUT2D eigenvalue weighted by Crippen LogP contribution is 2.54. The predicted octanol–water partition coefficient (Wildman–Crippen LogP) is -0.767. The van der Waals surface area contributed by atoms with Crippen LogP contribution in [0.25, 0.3) is 0 Å². The van der Waals surface area contributed by atoms with Gasteiger partial charge in [0.25, 0.3) is 0 Å². The molecule has 200 valence electrons. The second-order valence-electron chi connectivity index (χ2n) is 10.8. The summed E-state index contributed by atoms with van der Waals surface area (Å²) in [5, 5.41) is 42.9. The smallest absolute Gasteiger partial charge is 0.339 e. The van der Waals surface area contributed by atoms with Crippen molar-refractivity contribution in [2.45, 2.75) is 68.0 Å². The van der Waals surface area contributed by atoms with Crippen LogP contribution in [-0.2, 0) is 29.2 Å². The van der Waals surface area contributed by atoms with E-state index in [1.54, 1.807) is 0 Å². The first kappa shape index (κ1) is 24.8.